The highest BCUT2D eigenvalue weighted by Crippen LogP contribution is 2.35. The van der Waals surface area contributed by atoms with Crippen LogP contribution in [-0.2, 0) is 0 Å². The Morgan fingerprint density at radius 3 is 2.30 bits per heavy atom. The number of methoxy groups -OCH3 is 2. The SMILES string of the molecule is COc1ccc(C2=CC(c3cccc(OC)c3)=Nc3ccccc3O2)cc1. The Kier molecular flexibility index (Phi) is 4.62. The van der Waals surface area contributed by atoms with Gasteiger partial charge in [-0.1, -0.05) is 24.3 Å². The van der Waals surface area contributed by atoms with E-state index in [2.05, 4.69) is 0 Å². The van der Waals surface area contributed by atoms with E-state index in [4.69, 9.17) is 19.2 Å². The molecule has 0 bridgehead atoms. The van der Waals surface area contributed by atoms with Crippen molar-refractivity contribution in [1.82, 2.24) is 0 Å². The van der Waals surface area contributed by atoms with Crippen LogP contribution in [0.5, 0.6) is 17.2 Å². The number of hydrogen-bond donors (Lipinski definition) is 0. The van der Waals surface area contributed by atoms with E-state index in [1.54, 1.807) is 14.2 Å². The summed E-state index contributed by atoms with van der Waals surface area (Å²) >= 11 is 0. The Hall–Kier alpha value is -3.53. The molecule has 4 heteroatoms. The molecule has 134 valence electrons. The summed E-state index contributed by atoms with van der Waals surface area (Å²) in [7, 11) is 3.31. The lowest BCUT2D eigenvalue weighted by atomic mass is 10.1. The predicted molar refractivity (Wildman–Crippen MR) is 107 cm³/mol. The van der Waals surface area contributed by atoms with Gasteiger partial charge in [0.2, 0.25) is 0 Å². The standard InChI is InChI=1S/C23H19NO3/c1-25-18-12-10-16(11-13-18)23-15-21(17-6-5-7-19(14-17)26-2)24-20-8-3-4-9-22(20)27-23/h3-15H,1-2H3. The van der Waals surface area contributed by atoms with Crippen LogP contribution in [0.25, 0.3) is 5.76 Å². The lowest BCUT2D eigenvalue weighted by molar-refractivity contribution is 0.414. The van der Waals surface area contributed by atoms with Crippen molar-refractivity contribution < 1.29 is 14.2 Å². The number of fused-ring (bicyclic) bond motifs is 1. The summed E-state index contributed by atoms with van der Waals surface area (Å²) in [5.41, 5.74) is 3.50. The number of ether oxygens (including phenoxy) is 3. The molecule has 0 radical (unpaired) electrons. The molecule has 0 unspecified atom stereocenters. The molecule has 1 aliphatic rings. The third-order valence-electron chi connectivity index (χ3n) is 4.33. The van der Waals surface area contributed by atoms with Gasteiger partial charge in [0, 0.05) is 17.2 Å². The van der Waals surface area contributed by atoms with Gasteiger partial charge in [0.15, 0.2) is 5.75 Å². The van der Waals surface area contributed by atoms with E-state index < -0.39 is 0 Å². The van der Waals surface area contributed by atoms with E-state index in [0.29, 0.717) is 0 Å². The van der Waals surface area contributed by atoms with Gasteiger partial charge < -0.3 is 14.2 Å². The lowest BCUT2D eigenvalue weighted by Crippen LogP contribution is -2.00. The van der Waals surface area contributed by atoms with Crippen LogP contribution < -0.4 is 14.2 Å². The number of benzene rings is 3. The highest BCUT2D eigenvalue weighted by molar-refractivity contribution is 6.13. The molecule has 1 aliphatic heterocycles. The van der Waals surface area contributed by atoms with Crippen molar-refractivity contribution in [3.63, 3.8) is 0 Å². The smallest absolute Gasteiger partial charge is 0.153 e. The number of nitrogens with zero attached hydrogens (tertiary/aromatic N) is 1. The van der Waals surface area contributed by atoms with Gasteiger partial charge in [-0.25, -0.2) is 4.99 Å². The summed E-state index contributed by atoms with van der Waals surface area (Å²) in [6.45, 7) is 0. The van der Waals surface area contributed by atoms with Gasteiger partial charge in [0.25, 0.3) is 0 Å². The van der Waals surface area contributed by atoms with Gasteiger partial charge in [-0.2, -0.15) is 0 Å². The minimum atomic E-state index is 0.720. The van der Waals surface area contributed by atoms with Crippen LogP contribution in [0, 0.1) is 0 Å². The first-order chi connectivity index (χ1) is 13.3. The molecule has 3 aromatic rings. The minimum absolute atomic E-state index is 0.720. The summed E-state index contributed by atoms with van der Waals surface area (Å²) in [5.74, 6) is 3.03. The van der Waals surface area contributed by atoms with Gasteiger partial charge >= 0.3 is 0 Å². The van der Waals surface area contributed by atoms with Crippen LogP contribution in [0.15, 0.2) is 83.9 Å². The topological polar surface area (TPSA) is 40.0 Å². The summed E-state index contributed by atoms with van der Waals surface area (Å²) in [6.07, 6.45) is 1.95. The molecule has 0 spiro atoms. The minimum Gasteiger partial charge on any atom is -0.497 e. The van der Waals surface area contributed by atoms with E-state index in [-0.39, 0.29) is 0 Å². The van der Waals surface area contributed by atoms with E-state index in [9.17, 15) is 0 Å². The molecule has 0 saturated heterocycles. The zero-order chi connectivity index (χ0) is 18.6. The van der Waals surface area contributed by atoms with Gasteiger partial charge in [0.05, 0.1) is 19.9 Å². The van der Waals surface area contributed by atoms with Crippen LogP contribution in [0.1, 0.15) is 11.1 Å². The normalized spacial score (nSPS) is 12.8. The molecule has 1 heterocycles. The van der Waals surface area contributed by atoms with Crippen molar-refractivity contribution in [2.24, 2.45) is 4.99 Å². The molecule has 3 aromatic carbocycles. The van der Waals surface area contributed by atoms with Crippen LogP contribution in [0.2, 0.25) is 0 Å². The zero-order valence-electron chi connectivity index (χ0n) is 15.2. The van der Waals surface area contributed by atoms with Gasteiger partial charge in [-0.05, 0) is 48.5 Å². The molecule has 0 amide bonds. The molecule has 0 aromatic heterocycles. The quantitative estimate of drug-likeness (QED) is 0.639. The number of allylic oxidation sites excluding steroid dienone is 1. The molecule has 0 saturated carbocycles. The monoisotopic (exact) mass is 357 g/mol. The molecule has 27 heavy (non-hydrogen) atoms. The largest absolute Gasteiger partial charge is 0.497 e. The fraction of sp³-hybridized carbons (Fsp3) is 0.0870. The van der Waals surface area contributed by atoms with Crippen molar-refractivity contribution in [3.8, 4) is 17.2 Å². The molecular formula is C23H19NO3. The molecule has 0 aliphatic carbocycles. The zero-order valence-corrected chi connectivity index (χ0v) is 15.2. The number of rotatable bonds is 4. The average molecular weight is 357 g/mol. The molecule has 4 rings (SSSR count). The fourth-order valence-corrected chi connectivity index (χ4v) is 2.90. The number of aliphatic imine (C=N–C) groups is 1. The van der Waals surface area contributed by atoms with E-state index in [1.807, 2.05) is 78.9 Å². The van der Waals surface area contributed by atoms with Gasteiger partial charge in [-0.15, -0.1) is 0 Å². The maximum absolute atomic E-state index is 6.20. The molecular weight excluding hydrogens is 338 g/mol. The maximum atomic E-state index is 6.20. The van der Waals surface area contributed by atoms with Gasteiger partial charge in [0.1, 0.15) is 22.9 Å². The van der Waals surface area contributed by atoms with E-state index in [1.165, 1.54) is 0 Å². The van der Waals surface area contributed by atoms with Crippen molar-refractivity contribution >= 4 is 17.2 Å². The Bertz CT molecular complexity index is 1020. The molecule has 4 nitrogen and oxygen atoms in total. The second-order valence-electron chi connectivity index (χ2n) is 6.04. The van der Waals surface area contributed by atoms with Crippen LogP contribution >= 0.6 is 0 Å². The first kappa shape index (κ1) is 16.9. The van der Waals surface area contributed by atoms with Crippen LogP contribution in [-0.4, -0.2) is 19.9 Å². The van der Waals surface area contributed by atoms with E-state index in [0.717, 1.165) is 45.5 Å². The lowest BCUT2D eigenvalue weighted by Gasteiger charge is -2.10. The summed E-state index contributed by atoms with van der Waals surface area (Å²) in [5, 5.41) is 0. The number of hydrogen-bond acceptors (Lipinski definition) is 4. The highest BCUT2D eigenvalue weighted by Gasteiger charge is 2.16. The van der Waals surface area contributed by atoms with Crippen LogP contribution in [0.4, 0.5) is 5.69 Å². The Morgan fingerprint density at radius 1 is 0.741 bits per heavy atom. The maximum Gasteiger partial charge on any atom is 0.153 e. The predicted octanol–water partition coefficient (Wildman–Crippen LogP) is 5.26. The Balaban J connectivity index is 1.84. The van der Waals surface area contributed by atoms with Crippen molar-refractivity contribution in [3.05, 3.63) is 90.0 Å². The summed E-state index contributed by atoms with van der Waals surface area (Å²) in [4.78, 5) is 4.83. The second kappa shape index (κ2) is 7.38. The second-order valence-corrected chi connectivity index (χ2v) is 6.04. The Labute approximate surface area is 158 Å². The number of para-hydroxylation sites is 2. The van der Waals surface area contributed by atoms with Crippen molar-refractivity contribution in [1.29, 1.82) is 0 Å². The Morgan fingerprint density at radius 2 is 1.52 bits per heavy atom. The van der Waals surface area contributed by atoms with Crippen LogP contribution in [0.3, 0.4) is 0 Å². The average Bonchev–Trinajstić information content (AvgIpc) is 2.93. The van der Waals surface area contributed by atoms with E-state index >= 15 is 0 Å². The third-order valence-corrected chi connectivity index (χ3v) is 4.33. The third kappa shape index (κ3) is 3.55. The van der Waals surface area contributed by atoms with Crippen molar-refractivity contribution in [2.45, 2.75) is 0 Å². The first-order valence-electron chi connectivity index (χ1n) is 8.63. The van der Waals surface area contributed by atoms with Gasteiger partial charge in [-0.3, -0.25) is 0 Å². The summed E-state index contributed by atoms with van der Waals surface area (Å²) < 4.78 is 16.8. The molecule has 0 atom stereocenters. The summed E-state index contributed by atoms with van der Waals surface area (Å²) in [6, 6.07) is 23.4. The van der Waals surface area contributed by atoms with Crippen molar-refractivity contribution in [2.75, 3.05) is 14.2 Å². The fourth-order valence-electron chi connectivity index (χ4n) is 2.90. The first-order valence-corrected chi connectivity index (χ1v) is 8.63. The molecule has 0 N–H and O–H groups in total. The molecule has 0 fully saturated rings. The highest BCUT2D eigenvalue weighted by atomic mass is 16.5.